The van der Waals surface area contributed by atoms with Crippen molar-refractivity contribution in [3.05, 3.63) is 65.7 Å². The number of nitrogens with one attached hydrogen (secondary N) is 2. The second-order valence-electron chi connectivity index (χ2n) is 7.76. The van der Waals surface area contributed by atoms with Gasteiger partial charge in [0.1, 0.15) is 11.6 Å². The van der Waals surface area contributed by atoms with Crippen LogP contribution in [0.1, 0.15) is 36.8 Å². The predicted octanol–water partition coefficient (Wildman–Crippen LogP) is 2.40. The zero-order valence-corrected chi connectivity index (χ0v) is 17.6. The van der Waals surface area contributed by atoms with Crippen LogP contribution >= 0.6 is 0 Å². The van der Waals surface area contributed by atoms with Crippen LogP contribution in [0, 0.1) is 6.92 Å². The number of hydrogen-bond donors (Lipinski definition) is 3. The lowest BCUT2D eigenvalue weighted by Crippen LogP contribution is -2.60. The van der Waals surface area contributed by atoms with E-state index in [1.807, 2.05) is 13.0 Å². The highest BCUT2D eigenvalue weighted by molar-refractivity contribution is 7.89. The first-order valence-corrected chi connectivity index (χ1v) is 11.4. The Morgan fingerprint density at radius 2 is 1.63 bits per heavy atom. The SMILES string of the molecule is Cc1ccc(S(=O)(=O)NC2(C(=O)N[C@@H](Cc3ccccc3)C(=O)O)CCCC2)cc1. The first-order chi connectivity index (χ1) is 14.2. The number of hydrogen-bond acceptors (Lipinski definition) is 4. The summed E-state index contributed by atoms with van der Waals surface area (Å²) >= 11 is 0. The van der Waals surface area contributed by atoms with Crippen LogP contribution in [0.2, 0.25) is 0 Å². The van der Waals surface area contributed by atoms with E-state index in [2.05, 4.69) is 10.0 Å². The van der Waals surface area contributed by atoms with Crippen LogP contribution in [0.4, 0.5) is 0 Å². The molecule has 8 heteroatoms. The fourth-order valence-electron chi connectivity index (χ4n) is 3.73. The normalized spacial score (nSPS) is 16.7. The van der Waals surface area contributed by atoms with Crippen LogP contribution in [0.25, 0.3) is 0 Å². The van der Waals surface area contributed by atoms with Gasteiger partial charge in [0.05, 0.1) is 4.90 Å². The standard InChI is InChI=1S/C22H26N2O5S/c1-16-9-11-18(12-10-16)30(28,29)24-22(13-5-6-14-22)21(27)23-19(20(25)26)15-17-7-3-2-4-8-17/h2-4,7-12,19,24H,5-6,13-15H2,1H3,(H,23,27)(H,25,26)/t19-/m0/s1. The van der Waals surface area contributed by atoms with Gasteiger partial charge in [0.2, 0.25) is 15.9 Å². The minimum atomic E-state index is -3.94. The topological polar surface area (TPSA) is 113 Å². The molecule has 160 valence electrons. The van der Waals surface area contributed by atoms with Crippen molar-refractivity contribution in [1.29, 1.82) is 0 Å². The third kappa shape index (κ3) is 5.06. The van der Waals surface area contributed by atoms with Gasteiger partial charge < -0.3 is 10.4 Å². The van der Waals surface area contributed by atoms with Gasteiger partial charge in [-0.1, -0.05) is 60.9 Å². The fourth-order valence-corrected chi connectivity index (χ4v) is 5.16. The van der Waals surface area contributed by atoms with Crippen LogP contribution in [0.5, 0.6) is 0 Å². The van der Waals surface area contributed by atoms with E-state index in [9.17, 15) is 23.1 Å². The number of carboxylic acids is 1. The summed E-state index contributed by atoms with van der Waals surface area (Å²) in [5, 5.41) is 12.2. The summed E-state index contributed by atoms with van der Waals surface area (Å²) in [6.07, 6.45) is 2.12. The van der Waals surface area contributed by atoms with E-state index in [1.165, 1.54) is 12.1 Å². The molecule has 3 N–H and O–H groups in total. The molecule has 1 saturated carbocycles. The first kappa shape index (κ1) is 22.0. The third-order valence-corrected chi connectivity index (χ3v) is 6.99. The summed E-state index contributed by atoms with van der Waals surface area (Å²) in [7, 11) is -3.94. The highest BCUT2D eigenvalue weighted by Crippen LogP contribution is 2.32. The zero-order valence-electron chi connectivity index (χ0n) is 16.8. The molecule has 3 rings (SSSR count). The molecule has 0 spiro atoms. The smallest absolute Gasteiger partial charge is 0.326 e. The molecule has 30 heavy (non-hydrogen) atoms. The predicted molar refractivity (Wildman–Crippen MR) is 112 cm³/mol. The molecule has 1 aliphatic carbocycles. The molecule has 0 bridgehead atoms. The van der Waals surface area contributed by atoms with Crippen molar-refractivity contribution in [2.45, 2.75) is 55.5 Å². The van der Waals surface area contributed by atoms with E-state index in [4.69, 9.17) is 0 Å². The fraction of sp³-hybridized carbons (Fsp3) is 0.364. The summed E-state index contributed by atoms with van der Waals surface area (Å²) in [5.74, 6) is -1.76. The molecule has 2 aromatic carbocycles. The van der Waals surface area contributed by atoms with Gasteiger partial charge in [-0.15, -0.1) is 0 Å². The zero-order chi connectivity index (χ0) is 21.8. The van der Waals surface area contributed by atoms with Crippen molar-refractivity contribution in [3.8, 4) is 0 Å². The maximum atomic E-state index is 13.1. The average Bonchev–Trinajstić information content (AvgIpc) is 3.17. The second-order valence-corrected chi connectivity index (χ2v) is 9.44. The van der Waals surface area contributed by atoms with E-state index in [1.54, 1.807) is 36.4 Å². The van der Waals surface area contributed by atoms with Gasteiger partial charge in [-0.25, -0.2) is 13.2 Å². The Hall–Kier alpha value is -2.71. The molecule has 1 atom stereocenters. The summed E-state index contributed by atoms with van der Waals surface area (Å²) in [4.78, 5) is 25.0. The third-order valence-electron chi connectivity index (χ3n) is 5.44. The molecule has 1 fully saturated rings. The minimum Gasteiger partial charge on any atom is -0.480 e. The number of aryl methyl sites for hydroxylation is 1. The monoisotopic (exact) mass is 430 g/mol. The lowest BCUT2D eigenvalue weighted by molar-refractivity contribution is -0.142. The summed E-state index contributed by atoms with van der Waals surface area (Å²) in [6.45, 7) is 1.86. The quantitative estimate of drug-likeness (QED) is 0.595. The van der Waals surface area contributed by atoms with Crippen molar-refractivity contribution in [2.24, 2.45) is 0 Å². The maximum Gasteiger partial charge on any atom is 0.326 e. The molecule has 1 amide bonds. The molecule has 0 aliphatic heterocycles. The molecule has 7 nitrogen and oxygen atoms in total. The number of carbonyl (C=O) groups is 2. The van der Waals surface area contributed by atoms with Gasteiger partial charge in [0.25, 0.3) is 0 Å². The van der Waals surface area contributed by atoms with Gasteiger partial charge in [-0.2, -0.15) is 4.72 Å². The number of rotatable bonds is 8. The van der Waals surface area contributed by atoms with Crippen molar-refractivity contribution >= 4 is 21.9 Å². The number of aliphatic carboxylic acids is 1. The lowest BCUT2D eigenvalue weighted by atomic mass is 9.96. The first-order valence-electron chi connectivity index (χ1n) is 9.90. The Morgan fingerprint density at radius 3 is 2.20 bits per heavy atom. The Morgan fingerprint density at radius 1 is 1.03 bits per heavy atom. The summed E-state index contributed by atoms with van der Waals surface area (Å²) in [5.41, 5.74) is 0.340. The van der Waals surface area contributed by atoms with Gasteiger partial charge in [0.15, 0.2) is 0 Å². The molecule has 0 saturated heterocycles. The van der Waals surface area contributed by atoms with Crippen molar-refractivity contribution in [2.75, 3.05) is 0 Å². The van der Waals surface area contributed by atoms with Crippen molar-refractivity contribution < 1.29 is 23.1 Å². The highest BCUT2D eigenvalue weighted by Gasteiger charge is 2.45. The van der Waals surface area contributed by atoms with Crippen LogP contribution in [-0.4, -0.2) is 37.0 Å². The second kappa shape index (κ2) is 8.97. The number of benzene rings is 2. The average molecular weight is 431 g/mol. The van der Waals surface area contributed by atoms with E-state index >= 15 is 0 Å². The Balaban J connectivity index is 1.81. The Bertz CT molecular complexity index is 998. The van der Waals surface area contributed by atoms with Crippen LogP contribution < -0.4 is 10.0 Å². The number of carboxylic acid groups (broad SMARTS) is 1. The van der Waals surface area contributed by atoms with Crippen LogP contribution in [-0.2, 0) is 26.0 Å². The van der Waals surface area contributed by atoms with E-state index in [0.29, 0.717) is 25.7 Å². The molecule has 0 unspecified atom stereocenters. The highest BCUT2D eigenvalue weighted by atomic mass is 32.2. The Labute approximate surface area is 176 Å². The molecular weight excluding hydrogens is 404 g/mol. The van der Waals surface area contributed by atoms with Crippen molar-refractivity contribution in [3.63, 3.8) is 0 Å². The Kier molecular flexibility index (Phi) is 6.58. The number of carbonyl (C=O) groups excluding carboxylic acids is 1. The molecule has 1 aliphatic rings. The number of sulfonamides is 1. The van der Waals surface area contributed by atoms with Crippen LogP contribution in [0.3, 0.4) is 0 Å². The summed E-state index contributed by atoms with van der Waals surface area (Å²) < 4.78 is 28.4. The molecule has 0 heterocycles. The van der Waals surface area contributed by atoms with Gasteiger partial charge in [0, 0.05) is 6.42 Å². The minimum absolute atomic E-state index is 0.0752. The van der Waals surface area contributed by atoms with Gasteiger partial charge >= 0.3 is 5.97 Å². The van der Waals surface area contributed by atoms with Gasteiger partial charge in [-0.3, -0.25) is 4.79 Å². The molecule has 2 aromatic rings. The van der Waals surface area contributed by atoms with E-state index in [-0.39, 0.29) is 11.3 Å². The number of amides is 1. The summed E-state index contributed by atoms with van der Waals surface area (Å²) in [6, 6.07) is 14.2. The largest absolute Gasteiger partial charge is 0.480 e. The van der Waals surface area contributed by atoms with E-state index in [0.717, 1.165) is 11.1 Å². The maximum absolute atomic E-state index is 13.1. The van der Waals surface area contributed by atoms with Crippen LogP contribution in [0.15, 0.2) is 59.5 Å². The van der Waals surface area contributed by atoms with E-state index < -0.39 is 33.5 Å². The van der Waals surface area contributed by atoms with Gasteiger partial charge in [-0.05, 0) is 37.5 Å². The molecular formula is C22H26N2O5S. The molecule has 0 aromatic heterocycles. The molecule has 0 radical (unpaired) electrons. The van der Waals surface area contributed by atoms with Crippen molar-refractivity contribution in [1.82, 2.24) is 10.0 Å². The lowest BCUT2D eigenvalue weighted by Gasteiger charge is -2.30.